The van der Waals surface area contributed by atoms with Crippen LogP contribution in [0.5, 0.6) is 0 Å². The van der Waals surface area contributed by atoms with Crippen molar-refractivity contribution in [3.63, 3.8) is 0 Å². The van der Waals surface area contributed by atoms with E-state index in [1.807, 2.05) is 13.8 Å². The van der Waals surface area contributed by atoms with Gasteiger partial charge in [0.2, 0.25) is 0 Å². The molecule has 4 nitrogen and oxygen atoms in total. The molecule has 19 heavy (non-hydrogen) atoms. The molecule has 1 aromatic rings. The molecule has 1 aromatic heterocycles. The number of nitrogens with zero attached hydrogens (tertiary/aromatic N) is 2. The summed E-state index contributed by atoms with van der Waals surface area (Å²) in [6.45, 7) is 4.50. The number of rotatable bonds is 4. The van der Waals surface area contributed by atoms with Crippen molar-refractivity contribution in [1.82, 2.24) is 9.78 Å². The van der Waals surface area contributed by atoms with E-state index in [1.54, 1.807) is 10.9 Å². The third-order valence-corrected chi connectivity index (χ3v) is 4.72. The molecule has 0 aliphatic heterocycles. The first-order valence-corrected chi connectivity index (χ1v) is 7.79. The molecule has 1 saturated carbocycles. The molecule has 2 rings (SSSR count). The van der Waals surface area contributed by atoms with Crippen molar-refractivity contribution < 1.29 is 4.79 Å². The second-order valence-corrected chi connectivity index (χ2v) is 6.61. The van der Waals surface area contributed by atoms with Crippen molar-refractivity contribution in [2.45, 2.75) is 52.0 Å². The van der Waals surface area contributed by atoms with Gasteiger partial charge in [-0.1, -0.05) is 19.3 Å². The highest BCUT2D eigenvalue weighted by atomic mass is 79.9. The van der Waals surface area contributed by atoms with Crippen LogP contribution in [-0.2, 0) is 0 Å². The van der Waals surface area contributed by atoms with E-state index in [9.17, 15) is 4.79 Å². The Morgan fingerprint density at radius 2 is 2.11 bits per heavy atom. The van der Waals surface area contributed by atoms with Gasteiger partial charge in [0.05, 0.1) is 10.7 Å². The summed E-state index contributed by atoms with van der Waals surface area (Å²) in [6.07, 6.45) is 6.91. The van der Waals surface area contributed by atoms with Crippen molar-refractivity contribution in [3.05, 3.63) is 16.4 Å². The molecule has 0 atom stereocenters. The highest BCUT2D eigenvalue weighted by molar-refractivity contribution is 9.10. The lowest BCUT2D eigenvalue weighted by molar-refractivity contribution is 0.0714. The van der Waals surface area contributed by atoms with E-state index in [2.05, 4.69) is 21.0 Å². The van der Waals surface area contributed by atoms with Gasteiger partial charge in [0.25, 0.3) is 0 Å². The Balaban J connectivity index is 2.40. The summed E-state index contributed by atoms with van der Waals surface area (Å²) < 4.78 is 2.59. The topological polar surface area (TPSA) is 60.9 Å². The highest BCUT2D eigenvalue weighted by Crippen LogP contribution is 2.39. The second kappa shape index (κ2) is 5.75. The number of halogens is 1. The first-order valence-electron chi connectivity index (χ1n) is 7.00. The van der Waals surface area contributed by atoms with Crippen molar-refractivity contribution >= 4 is 21.7 Å². The van der Waals surface area contributed by atoms with Crippen LogP contribution < -0.4 is 5.73 Å². The fourth-order valence-electron chi connectivity index (χ4n) is 2.95. The molecule has 0 saturated heterocycles. The number of ketones is 1. The van der Waals surface area contributed by atoms with Gasteiger partial charge in [-0.25, -0.2) is 0 Å². The average molecular weight is 328 g/mol. The van der Waals surface area contributed by atoms with Crippen molar-refractivity contribution in [3.8, 4) is 0 Å². The van der Waals surface area contributed by atoms with Crippen LogP contribution in [0.3, 0.4) is 0 Å². The maximum atomic E-state index is 13.0. The van der Waals surface area contributed by atoms with Crippen molar-refractivity contribution in [1.29, 1.82) is 0 Å². The summed E-state index contributed by atoms with van der Waals surface area (Å²) in [5.41, 5.74) is 6.26. The summed E-state index contributed by atoms with van der Waals surface area (Å²) in [5, 5.41) is 4.30. The number of nitrogens with two attached hydrogens (primary N) is 1. The molecule has 5 heteroatoms. The largest absolute Gasteiger partial charge is 0.329 e. The van der Waals surface area contributed by atoms with E-state index < -0.39 is 0 Å². The van der Waals surface area contributed by atoms with E-state index in [1.165, 1.54) is 6.42 Å². The smallest absolute Gasteiger partial charge is 0.189 e. The molecule has 0 radical (unpaired) electrons. The SMILES string of the molecule is CC(C)n1ncc(Br)c1C(=O)C1(CN)CCCCC1. The van der Waals surface area contributed by atoms with Crippen LogP contribution >= 0.6 is 15.9 Å². The van der Waals surface area contributed by atoms with Crippen molar-refractivity contribution in [2.75, 3.05) is 6.54 Å². The van der Waals surface area contributed by atoms with Gasteiger partial charge >= 0.3 is 0 Å². The Bertz CT molecular complexity index is 461. The summed E-state index contributed by atoms with van der Waals surface area (Å²) >= 11 is 3.46. The van der Waals surface area contributed by atoms with Crippen LogP contribution in [0.1, 0.15) is 62.5 Å². The predicted molar refractivity (Wildman–Crippen MR) is 79.2 cm³/mol. The Morgan fingerprint density at radius 1 is 1.47 bits per heavy atom. The Morgan fingerprint density at radius 3 is 2.63 bits per heavy atom. The highest BCUT2D eigenvalue weighted by Gasteiger charge is 2.41. The van der Waals surface area contributed by atoms with Gasteiger partial charge in [-0.2, -0.15) is 5.10 Å². The fraction of sp³-hybridized carbons (Fsp3) is 0.714. The number of Topliss-reactive ketones (excluding diaryl/α,β-unsaturated/α-hetero) is 1. The third-order valence-electron chi connectivity index (χ3n) is 4.14. The molecular weight excluding hydrogens is 306 g/mol. The van der Waals surface area contributed by atoms with Crippen molar-refractivity contribution in [2.24, 2.45) is 11.1 Å². The van der Waals surface area contributed by atoms with E-state index in [4.69, 9.17) is 5.73 Å². The Labute approximate surface area is 122 Å². The van der Waals surface area contributed by atoms with Crippen LogP contribution in [0.2, 0.25) is 0 Å². The van der Waals surface area contributed by atoms with E-state index in [0.717, 1.165) is 30.2 Å². The molecule has 1 heterocycles. The predicted octanol–water partition coefficient (Wildman–Crippen LogP) is 3.32. The van der Waals surface area contributed by atoms with Crippen LogP contribution in [0, 0.1) is 5.41 Å². The maximum absolute atomic E-state index is 13.0. The Kier molecular flexibility index (Phi) is 4.46. The van der Waals surface area contributed by atoms with E-state index in [-0.39, 0.29) is 17.2 Å². The number of hydrogen-bond donors (Lipinski definition) is 1. The molecule has 0 amide bonds. The number of aromatic nitrogens is 2. The zero-order valence-corrected chi connectivity index (χ0v) is 13.2. The van der Waals surface area contributed by atoms with Crippen LogP contribution in [-0.4, -0.2) is 22.1 Å². The lowest BCUT2D eigenvalue weighted by Crippen LogP contribution is -2.41. The van der Waals surface area contributed by atoms with Crippen LogP contribution in [0.15, 0.2) is 10.7 Å². The second-order valence-electron chi connectivity index (χ2n) is 5.75. The maximum Gasteiger partial charge on any atom is 0.189 e. The summed E-state index contributed by atoms with van der Waals surface area (Å²) in [4.78, 5) is 13.0. The molecule has 0 aromatic carbocycles. The summed E-state index contributed by atoms with van der Waals surface area (Å²) in [6, 6.07) is 0.170. The fourth-order valence-corrected chi connectivity index (χ4v) is 3.40. The van der Waals surface area contributed by atoms with E-state index in [0.29, 0.717) is 12.2 Å². The normalized spacial score (nSPS) is 18.8. The third kappa shape index (κ3) is 2.63. The quantitative estimate of drug-likeness (QED) is 0.863. The Hall–Kier alpha value is -0.680. The zero-order valence-electron chi connectivity index (χ0n) is 11.7. The molecule has 106 valence electrons. The minimum absolute atomic E-state index is 0.160. The summed E-state index contributed by atoms with van der Waals surface area (Å²) in [5.74, 6) is 0.160. The van der Waals surface area contributed by atoms with Crippen LogP contribution in [0.4, 0.5) is 0 Å². The minimum Gasteiger partial charge on any atom is -0.329 e. The number of carbonyl (C=O) groups is 1. The molecule has 2 N–H and O–H groups in total. The molecule has 1 aliphatic carbocycles. The van der Waals surface area contributed by atoms with Gasteiger partial charge in [-0.15, -0.1) is 0 Å². The molecule has 1 fully saturated rings. The standard InChI is InChI=1S/C14H22BrN3O/c1-10(2)18-12(11(15)8-17-18)13(19)14(9-16)6-4-3-5-7-14/h8,10H,3-7,9,16H2,1-2H3. The monoisotopic (exact) mass is 327 g/mol. The molecule has 0 spiro atoms. The van der Waals surface area contributed by atoms with Gasteiger partial charge < -0.3 is 5.73 Å². The lowest BCUT2D eigenvalue weighted by Gasteiger charge is -2.35. The first-order chi connectivity index (χ1) is 9.02. The molecule has 0 bridgehead atoms. The molecule has 0 unspecified atom stereocenters. The molecular formula is C14H22BrN3O. The first kappa shape index (κ1) is 14.7. The van der Waals surface area contributed by atoms with Gasteiger partial charge in [0.1, 0.15) is 5.69 Å². The molecule has 1 aliphatic rings. The zero-order chi connectivity index (χ0) is 14.0. The minimum atomic E-state index is -0.382. The van der Waals surface area contributed by atoms with Crippen LogP contribution in [0.25, 0.3) is 0 Å². The number of hydrogen-bond acceptors (Lipinski definition) is 3. The van der Waals surface area contributed by atoms with Gasteiger partial charge in [0.15, 0.2) is 5.78 Å². The average Bonchev–Trinajstić information content (AvgIpc) is 2.80. The van der Waals surface area contributed by atoms with E-state index >= 15 is 0 Å². The van der Waals surface area contributed by atoms with Gasteiger partial charge in [0, 0.05) is 18.0 Å². The van der Waals surface area contributed by atoms with Gasteiger partial charge in [-0.05, 0) is 42.6 Å². The lowest BCUT2D eigenvalue weighted by atomic mass is 9.70. The summed E-state index contributed by atoms with van der Waals surface area (Å²) in [7, 11) is 0. The number of carbonyl (C=O) groups excluding carboxylic acids is 1. The van der Waals surface area contributed by atoms with Gasteiger partial charge in [-0.3, -0.25) is 9.48 Å².